The quantitative estimate of drug-likeness (QED) is 0.317. The van der Waals surface area contributed by atoms with Crippen LogP contribution in [0.3, 0.4) is 0 Å². The molecule has 2 nitrogen and oxygen atoms in total. The van der Waals surface area contributed by atoms with Crippen molar-refractivity contribution in [1.82, 2.24) is 0 Å². The number of rotatable bonds is 6. The molecule has 2 rings (SSSR count). The van der Waals surface area contributed by atoms with Crippen molar-refractivity contribution >= 4 is 17.0 Å². The van der Waals surface area contributed by atoms with Crippen LogP contribution in [0, 0.1) is 11.8 Å². The molecule has 0 amide bonds. The molecule has 0 aromatic rings. The van der Waals surface area contributed by atoms with Crippen LogP contribution in [0.2, 0.25) is 0 Å². The van der Waals surface area contributed by atoms with Crippen molar-refractivity contribution in [3.8, 4) is 0 Å². The SMILES string of the molecule is CC(C)(C)[N-]C(C)(C)CC1C=CC=C1.CC(C)(C)[N-]C(C)(C)CC1C=CC=C1.[Cl][Zr+2][Cl]. The van der Waals surface area contributed by atoms with Crippen molar-refractivity contribution in [1.29, 1.82) is 0 Å². The van der Waals surface area contributed by atoms with Gasteiger partial charge in [0.05, 0.1) is 0 Å². The predicted molar refractivity (Wildman–Crippen MR) is 139 cm³/mol. The normalized spacial score (nSPS) is 16.6. The first-order valence-corrected chi connectivity index (χ1v) is 17.5. The summed E-state index contributed by atoms with van der Waals surface area (Å²) >= 11 is -0.826. The first kappa shape index (κ1) is 31.3. The summed E-state index contributed by atoms with van der Waals surface area (Å²) in [5.74, 6) is 1.16. The summed E-state index contributed by atoms with van der Waals surface area (Å²) < 4.78 is 0. The Balaban J connectivity index is 0.000000516. The van der Waals surface area contributed by atoms with Crippen molar-refractivity contribution in [2.24, 2.45) is 11.8 Å². The van der Waals surface area contributed by atoms with Gasteiger partial charge in [0.1, 0.15) is 0 Å². The third kappa shape index (κ3) is 18.5. The van der Waals surface area contributed by atoms with Gasteiger partial charge < -0.3 is 10.6 Å². The van der Waals surface area contributed by atoms with Crippen molar-refractivity contribution < 1.29 is 20.8 Å². The number of hydrogen-bond donors (Lipinski definition) is 0. The van der Waals surface area contributed by atoms with E-state index in [2.05, 4.69) is 118 Å². The number of nitrogens with zero attached hydrogens (tertiary/aromatic N) is 2. The molecular formula is C26H44Cl2N2Zr. The van der Waals surface area contributed by atoms with Crippen LogP contribution in [-0.2, 0) is 20.8 Å². The Hall–Kier alpha value is 0.343. The minimum atomic E-state index is -0.826. The van der Waals surface area contributed by atoms with E-state index in [1.807, 2.05) is 0 Å². The third-order valence-electron chi connectivity index (χ3n) is 4.40. The molecule has 0 aliphatic heterocycles. The molecule has 0 fully saturated rings. The van der Waals surface area contributed by atoms with Gasteiger partial charge in [-0.2, -0.15) is 0 Å². The second-order valence-electron chi connectivity index (χ2n) is 11.5. The summed E-state index contributed by atoms with van der Waals surface area (Å²) in [5, 5.41) is 9.67. The van der Waals surface area contributed by atoms with Crippen molar-refractivity contribution in [2.75, 3.05) is 0 Å². The van der Waals surface area contributed by atoms with Crippen LogP contribution in [0.15, 0.2) is 48.6 Å². The zero-order valence-corrected chi connectivity index (χ0v) is 25.3. The standard InChI is InChI=1S/2C13H22N.2ClH.Zr/c2*1-12(2,3)14-13(4,5)10-11-8-6-7-9-11;;;/h2*6-9,11H,10H2,1-5H3;2*1H;/q2*-1;;;+4/p-2. The van der Waals surface area contributed by atoms with Crippen LogP contribution in [0.25, 0.3) is 10.6 Å². The van der Waals surface area contributed by atoms with Crippen LogP contribution in [0.5, 0.6) is 0 Å². The zero-order valence-electron chi connectivity index (χ0n) is 21.3. The van der Waals surface area contributed by atoms with E-state index in [0.717, 1.165) is 12.8 Å². The molecule has 0 spiro atoms. The molecule has 0 bridgehead atoms. The Bertz CT molecular complexity index is 542. The molecule has 5 heteroatoms. The van der Waals surface area contributed by atoms with Crippen LogP contribution in [-0.4, -0.2) is 22.2 Å². The molecule has 176 valence electrons. The van der Waals surface area contributed by atoms with Crippen molar-refractivity contribution in [3.05, 3.63) is 59.2 Å². The first-order chi connectivity index (χ1) is 14.0. The first-order valence-electron chi connectivity index (χ1n) is 11.1. The van der Waals surface area contributed by atoms with Crippen molar-refractivity contribution in [2.45, 2.75) is 104 Å². The second-order valence-corrected chi connectivity index (χ2v) is 15.3. The fourth-order valence-corrected chi connectivity index (χ4v) is 4.29. The molecular weight excluding hydrogens is 502 g/mol. The van der Waals surface area contributed by atoms with Gasteiger partial charge in [-0.05, 0) is 11.8 Å². The Morgan fingerprint density at radius 1 is 0.581 bits per heavy atom. The molecule has 31 heavy (non-hydrogen) atoms. The van der Waals surface area contributed by atoms with E-state index in [1.165, 1.54) is 0 Å². The molecule has 0 N–H and O–H groups in total. The Morgan fingerprint density at radius 2 is 0.806 bits per heavy atom. The van der Waals surface area contributed by atoms with Crippen LogP contribution in [0.4, 0.5) is 0 Å². The van der Waals surface area contributed by atoms with E-state index in [4.69, 9.17) is 27.7 Å². The van der Waals surface area contributed by atoms with E-state index in [9.17, 15) is 0 Å². The van der Waals surface area contributed by atoms with Crippen LogP contribution >= 0.6 is 17.0 Å². The number of allylic oxidation sites excluding steroid dienone is 8. The minimum absolute atomic E-state index is 0.0650. The molecule has 0 heterocycles. The molecule has 0 radical (unpaired) electrons. The molecule has 0 aromatic carbocycles. The molecule has 0 unspecified atom stereocenters. The molecule has 0 saturated carbocycles. The van der Waals surface area contributed by atoms with Gasteiger partial charge in [-0.25, -0.2) is 0 Å². The average molecular weight is 547 g/mol. The third-order valence-corrected chi connectivity index (χ3v) is 4.40. The zero-order chi connectivity index (χ0) is 24.3. The van der Waals surface area contributed by atoms with E-state index >= 15 is 0 Å². The van der Waals surface area contributed by atoms with E-state index in [1.54, 1.807) is 0 Å². The summed E-state index contributed by atoms with van der Waals surface area (Å²) in [6.45, 7) is 21.9. The van der Waals surface area contributed by atoms with E-state index in [-0.39, 0.29) is 22.2 Å². The predicted octanol–water partition coefficient (Wildman–Crippen LogP) is 9.52. The van der Waals surface area contributed by atoms with Gasteiger partial charge in [-0.3, -0.25) is 0 Å². The molecule has 2 aliphatic rings. The van der Waals surface area contributed by atoms with Gasteiger partial charge in [0, 0.05) is 0 Å². The van der Waals surface area contributed by atoms with Gasteiger partial charge in [0.2, 0.25) is 0 Å². The van der Waals surface area contributed by atoms with Crippen LogP contribution in [0.1, 0.15) is 82.1 Å². The molecule has 0 saturated heterocycles. The van der Waals surface area contributed by atoms with Gasteiger partial charge in [-0.15, -0.1) is 22.2 Å². The second kappa shape index (κ2) is 13.9. The molecule has 0 aromatic heterocycles. The van der Waals surface area contributed by atoms with Crippen LogP contribution < -0.4 is 0 Å². The average Bonchev–Trinajstić information content (AvgIpc) is 3.16. The van der Waals surface area contributed by atoms with E-state index in [0.29, 0.717) is 11.8 Å². The summed E-state index contributed by atoms with van der Waals surface area (Å²) in [7, 11) is 9.87. The Morgan fingerprint density at radius 3 is 1.00 bits per heavy atom. The number of halogens is 2. The van der Waals surface area contributed by atoms with Gasteiger partial charge in [0.15, 0.2) is 0 Å². The fourth-order valence-electron chi connectivity index (χ4n) is 4.29. The topological polar surface area (TPSA) is 28.2 Å². The van der Waals surface area contributed by atoms with Gasteiger partial charge in [-0.1, -0.05) is 131 Å². The maximum absolute atomic E-state index is 4.93. The summed E-state index contributed by atoms with van der Waals surface area (Å²) in [6, 6.07) is 0. The maximum atomic E-state index is 4.93. The fraction of sp³-hybridized carbons (Fsp3) is 0.692. The Labute approximate surface area is 212 Å². The Kier molecular flexibility index (Phi) is 14.1. The van der Waals surface area contributed by atoms with Crippen molar-refractivity contribution in [3.63, 3.8) is 0 Å². The molecule has 0 atom stereocenters. The monoisotopic (exact) mass is 544 g/mol. The molecule has 2 aliphatic carbocycles. The number of hydrogen-bond acceptors (Lipinski definition) is 0. The van der Waals surface area contributed by atoms with Gasteiger partial charge in [0.25, 0.3) is 0 Å². The summed E-state index contributed by atoms with van der Waals surface area (Å²) in [4.78, 5) is 0. The summed E-state index contributed by atoms with van der Waals surface area (Å²) in [6.07, 6.45) is 19.7. The summed E-state index contributed by atoms with van der Waals surface area (Å²) in [5.41, 5.74) is 0.273. The van der Waals surface area contributed by atoms with Gasteiger partial charge >= 0.3 is 37.9 Å². The van der Waals surface area contributed by atoms with E-state index < -0.39 is 20.8 Å².